The van der Waals surface area contributed by atoms with Crippen molar-refractivity contribution in [1.29, 1.82) is 0 Å². The summed E-state index contributed by atoms with van der Waals surface area (Å²) in [6.07, 6.45) is 0. The van der Waals surface area contributed by atoms with Crippen molar-refractivity contribution in [2.75, 3.05) is 53.8 Å². The van der Waals surface area contributed by atoms with Gasteiger partial charge in [0.2, 0.25) is 0 Å². The predicted octanol–water partition coefficient (Wildman–Crippen LogP) is 1.42. The molecule has 0 saturated heterocycles. The normalized spacial score (nSPS) is 10.9. The van der Waals surface area contributed by atoms with Gasteiger partial charge in [0.25, 0.3) is 0 Å². The number of phosphoric ester groups is 1. The van der Waals surface area contributed by atoms with Crippen LogP contribution in [0.4, 0.5) is 0 Å². The maximum absolute atomic E-state index is 11.4. The summed E-state index contributed by atoms with van der Waals surface area (Å²) in [6.45, 7) is 6.35. The number of ether oxygens (including phenoxy) is 2. The molecule has 0 bridgehead atoms. The van der Waals surface area contributed by atoms with E-state index < -0.39 is 7.82 Å². The first-order chi connectivity index (χ1) is 8.68. The van der Waals surface area contributed by atoms with Crippen LogP contribution in [0, 0.1) is 0 Å². The topological polar surface area (TPSA) is 89.2 Å². The maximum atomic E-state index is 11.4. The van der Waals surface area contributed by atoms with Crippen molar-refractivity contribution in [3.05, 3.63) is 0 Å². The second-order valence-electron chi connectivity index (χ2n) is 2.66. The lowest BCUT2D eigenvalue weighted by atomic mass is 10.7. The van der Waals surface area contributed by atoms with Gasteiger partial charge in [0.1, 0.15) is 0 Å². The molecule has 2 N–H and O–H groups in total. The second-order valence-corrected chi connectivity index (χ2v) is 4.54. The average Bonchev–Trinajstić information content (AvgIpc) is 2.43. The zero-order valence-electron chi connectivity index (χ0n) is 11.7. The van der Waals surface area contributed by atoms with E-state index in [-0.39, 0.29) is 6.61 Å². The van der Waals surface area contributed by atoms with E-state index in [0.29, 0.717) is 33.0 Å². The fourth-order valence-corrected chi connectivity index (χ4v) is 1.45. The van der Waals surface area contributed by atoms with Gasteiger partial charge >= 0.3 is 7.82 Å². The standard InChI is InChI=1S/C8H20NO6P.C2H6/c1-11-16(10,12-2)15-8-7-14-6-5-13-4-3-9;1-2/h3-9H2,1-2H3;1-2H3. The first kappa shape index (κ1) is 20.3. The van der Waals surface area contributed by atoms with Crippen LogP contribution >= 0.6 is 7.82 Å². The molecule has 0 heterocycles. The third-order valence-corrected chi connectivity index (χ3v) is 2.95. The Hall–Kier alpha value is -0.0100. The van der Waals surface area contributed by atoms with E-state index in [1.807, 2.05) is 13.8 Å². The molecule has 0 aliphatic rings. The highest BCUT2D eigenvalue weighted by molar-refractivity contribution is 7.48. The Kier molecular flexibility index (Phi) is 17.0. The summed E-state index contributed by atoms with van der Waals surface area (Å²) in [4.78, 5) is 0. The van der Waals surface area contributed by atoms with Crippen molar-refractivity contribution < 1.29 is 27.6 Å². The smallest absolute Gasteiger partial charge is 0.378 e. The van der Waals surface area contributed by atoms with Gasteiger partial charge in [-0.3, -0.25) is 13.6 Å². The van der Waals surface area contributed by atoms with Gasteiger partial charge in [0.05, 0.1) is 33.0 Å². The van der Waals surface area contributed by atoms with Gasteiger partial charge in [-0.25, -0.2) is 4.57 Å². The molecule has 8 heteroatoms. The molecule has 112 valence electrons. The lowest BCUT2D eigenvalue weighted by Gasteiger charge is -2.13. The Balaban J connectivity index is 0. The number of hydrogen-bond donors (Lipinski definition) is 1. The van der Waals surface area contributed by atoms with Gasteiger partial charge in [-0.1, -0.05) is 13.8 Å². The number of rotatable bonds is 11. The maximum Gasteiger partial charge on any atom is 0.474 e. The Morgan fingerprint density at radius 3 is 1.78 bits per heavy atom. The zero-order valence-corrected chi connectivity index (χ0v) is 12.6. The Labute approximate surface area is 109 Å². The van der Waals surface area contributed by atoms with Crippen LogP contribution in [0.2, 0.25) is 0 Å². The molecule has 0 atom stereocenters. The summed E-state index contributed by atoms with van der Waals surface area (Å²) >= 11 is 0. The molecule has 0 spiro atoms. The zero-order chi connectivity index (χ0) is 14.3. The number of phosphoric acid groups is 1. The van der Waals surface area contributed by atoms with Crippen LogP contribution in [0.1, 0.15) is 13.8 Å². The van der Waals surface area contributed by atoms with E-state index in [2.05, 4.69) is 9.05 Å². The molecular weight excluding hydrogens is 261 g/mol. The quantitative estimate of drug-likeness (QED) is 0.454. The number of hydrogen-bond acceptors (Lipinski definition) is 7. The van der Waals surface area contributed by atoms with Crippen molar-refractivity contribution in [3.63, 3.8) is 0 Å². The molecule has 0 saturated carbocycles. The van der Waals surface area contributed by atoms with Crippen molar-refractivity contribution in [2.45, 2.75) is 13.8 Å². The minimum atomic E-state index is -3.38. The van der Waals surface area contributed by atoms with Crippen LogP contribution in [0.5, 0.6) is 0 Å². The molecule has 0 aromatic rings. The van der Waals surface area contributed by atoms with E-state index in [1.165, 1.54) is 14.2 Å². The summed E-state index contributed by atoms with van der Waals surface area (Å²) in [7, 11) is -0.864. The van der Waals surface area contributed by atoms with Crippen LogP contribution < -0.4 is 5.73 Å². The fraction of sp³-hybridized carbons (Fsp3) is 1.00. The summed E-state index contributed by atoms with van der Waals surface area (Å²) in [5, 5.41) is 0. The highest BCUT2D eigenvalue weighted by Gasteiger charge is 2.21. The summed E-state index contributed by atoms with van der Waals surface area (Å²) in [5.74, 6) is 0. The van der Waals surface area contributed by atoms with E-state index in [4.69, 9.17) is 19.7 Å². The SMILES string of the molecule is CC.COP(=O)(OC)OCCOCCOCCN. The summed E-state index contributed by atoms with van der Waals surface area (Å²) in [5.41, 5.74) is 5.22. The van der Waals surface area contributed by atoms with E-state index >= 15 is 0 Å². The molecule has 0 unspecified atom stereocenters. The van der Waals surface area contributed by atoms with Gasteiger partial charge in [-0.05, 0) is 0 Å². The minimum absolute atomic E-state index is 0.135. The fourth-order valence-electron chi connectivity index (χ4n) is 0.793. The van der Waals surface area contributed by atoms with E-state index in [0.717, 1.165) is 0 Å². The van der Waals surface area contributed by atoms with Gasteiger partial charge < -0.3 is 15.2 Å². The largest absolute Gasteiger partial charge is 0.474 e. The molecule has 0 aliphatic heterocycles. The monoisotopic (exact) mass is 287 g/mol. The minimum Gasteiger partial charge on any atom is -0.378 e. The summed E-state index contributed by atoms with van der Waals surface area (Å²) < 4.78 is 35.6. The number of nitrogens with two attached hydrogens (primary N) is 1. The van der Waals surface area contributed by atoms with E-state index in [1.54, 1.807) is 0 Å². The third kappa shape index (κ3) is 12.4. The molecular formula is C10H26NO6P. The van der Waals surface area contributed by atoms with Crippen molar-refractivity contribution >= 4 is 7.82 Å². The van der Waals surface area contributed by atoms with Crippen molar-refractivity contribution in [3.8, 4) is 0 Å². The molecule has 0 radical (unpaired) electrons. The molecule has 18 heavy (non-hydrogen) atoms. The van der Waals surface area contributed by atoms with Gasteiger partial charge in [-0.2, -0.15) is 0 Å². The van der Waals surface area contributed by atoms with Crippen LogP contribution in [0.15, 0.2) is 0 Å². The van der Waals surface area contributed by atoms with Crippen LogP contribution in [0.3, 0.4) is 0 Å². The highest BCUT2D eigenvalue weighted by Crippen LogP contribution is 2.47. The van der Waals surface area contributed by atoms with Gasteiger partial charge in [-0.15, -0.1) is 0 Å². The molecule has 0 aromatic heterocycles. The van der Waals surface area contributed by atoms with Gasteiger partial charge in [0, 0.05) is 20.8 Å². The molecule has 0 aliphatic carbocycles. The molecule has 0 fully saturated rings. The Morgan fingerprint density at radius 1 is 0.889 bits per heavy atom. The van der Waals surface area contributed by atoms with Crippen molar-refractivity contribution in [2.24, 2.45) is 5.73 Å². The highest BCUT2D eigenvalue weighted by atomic mass is 31.2. The summed E-state index contributed by atoms with van der Waals surface area (Å²) in [6, 6.07) is 0. The van der Waals surface area contributed by atoms with Crippen LogP contribution in [0.25, 0.3) is 0 Å². The Bertz CT molecular complexity index is 197. The predicted molar refractivity (Wildman–Crippen MR) is 69.6 cm³/mol. The van der Waals surface area contributed by atoms with E-state index in [9.17, 15) is 4.57 Å². The molecule has 7 nitrogen and oxygen atoms in total. The lowest BCUT2D eigenvalue weighted by Crippen LogP contribution is -2.13. The van der Waals surface area contributed by atoms with Crippen LogP contribution in [-0.2, 0) is 27.6 Å². The molecule has 0 amide bonds. The average molecular weight is 287 g/mol. The molecule has 0 rings (SSSR count). The van der Waals surface area contributed by atoms with Crippen molar-refractivity contribution in [1.82, 2.24) is 0 Å². The van der Waals surface area contributed by atoms with Crippen LogP contribution in [-0.4, -0.2) is 53.8 Å². The molecule has 0 aromatic carbocycles. The third-order valence-electron chi connectivity index (χ3n) is 1.56. The lowest BCUT2D eigenvalue weighted by molar-refractivity contribution is 0.0320. The van der Waals surface area contributed by atoms with Gasteiger partial charge in [0.15, 0.2) is 0 Å². The second kappa shape index (κ2) is 15.0. The first-order valence-electron chi connectivity index (χ1n) is 5.90. The first-order valence-corrected chi connectivity index (χ1v) is 7.36. The Morgan fingerprint density at radius 2 is 1.33 bits per heavy atom.